The van der Waals surface area contributed by atoms with Crippen LogP contribution in [-0.2, 0) is 0 Å². The van der Waals surface area contributed by atoms with Crippen molar-refractivity contribution in [3.05, 3.63) is 369 Å². The van der Waals surface area contributed by atoms with Gasteiger partial charge < -0.3 is 0 Å². The van der Waals surface area contributed by atoms with Crippen LogP contribution in [0.5, 0.6) is 0 Å². The van der Waals surface area contributed by atoms with Gasteiger partial charge in [0.2, 0.25) is 0 Å². The van der Waals surface area contributed by atoms with Crippen LogP contribution in [0.4, 0.5) is 30.2 Å². The first kappa shape index (κ1) is 74.7. The van der Waals surface area contributed by atoms with Crippen LogP contribution >= 0.6 is 0 Å². The summed E-state index contributed by atoms with van der Waals surface area (Å²) in [6.07, 6.45) is 0. The maximum Gasteiger partial charge on any atom is 0.272 e. The van der Waals surface area contributed by atoms with Crippen molar-refractivity contribution in [2.45, 2.75) is 69.2 Å². The summed E-state index contributed by atoms with van der Waals surface area (Å²) in [5, 5.41) is 55.8. The Morgan fingerprint density at radius 2 is 0.716 bits per heavy atom. The predicted octanol–water partition coefficient (Wildman–Crippen LogP) is 19.7. The molecule has 10 aromatic carbocycles. The normalized spacial score (nSPS) is 8.98. The molecule has 0 fully saturated rings. The highest BCUT2D eigenvalue weighted by Crippen LogP contribution is 2.16. The van der Waals surface area contributed by atoms with Crippen LogP contribution < -0.4 is 0 Å². The summed E-state index contributed by atoms with van der Waals surface area (Å²) in [7, 11) is 0. The van der Waals surface area contributed by atoms with E-state index >= 15 is 0 Å². The number of hydrogen-bond donors (Lipinski definition) is 0. The number of rotatable bonds is 3. The van der Waals surface area contributed by atoms with Crippen molar-refractivity contribution in [1.82, 2.24) is 0 Å². The molecule has 0 unspecified atom stereocenters. The molecular formula is C73H71F3N6O6. The Bertz CT molecular complexity index is 3750. The van der Waals surface area contributed by atoms with Crippen molar-refractivity contribution in [3.63, 3.8) is 0 Å². The van der Waals surface area contributed by atoms with Gasteiger partial charge in [-0.15, -0.1) is 0 Å². The van der Waals surface area contributed by atoms with Gasteiger partial charge in [0.05, 0.1) is 49.7 Å². The first-order valence-corrected chi connectivity index (χ1v) is 27.1. The number of non-ortho nitro benzene ring substituents is 2. The van der Waals surface area contributed by atoms with Gasteiger partial charge in [-0.25, -0.2) is 13.2 Å². The zero-order chi connectivity index (χ0) is 65.8. The van der Waals surface area contributed by atoms with Crippen LogP contribution in [-0.4, -0.2) is 14.8 Å². The second-order valence-corrected chi connectivity index (χ2v) is 19.1. The van der Waals surface area contributed by atoms with Gasteiger partial charge in [0.25, 0.3) is 17.1 Å². The number of nitriles is 3. The summed E-state index contributed by atoms with van der Waals surface area (Å²) in [5.41, 5.74) is 12.8. The van der Waals surface area contributed by atoms with Crippen molar-refractivity contribution in [1.29, 1.82) is 15.8 Å². The number of hydrogen-bond acceptors (Lipinski definition) is 9. The zero-order valence-corrected chi connectivity index (χ0v) is 50.9. The van der Waals surface area contributed by atoms with E-state index in [2.05, 4.69) is 37.3 Å². The van der Waals surface area contributed by atoms with Gasteiger partial charge in [0.1, 0.15) is 17.5 Å². The number of para-hydroxylation sites is 1. The molecule has 0 aliphatic carbocycles. The second-order valence-electron chi connectivity index (χ2n) is 19.1. The molecule has 0 spiro atoms. The Hall–Kier alpha value is -11.3. The Labute approximate surface area is 514 Å². The molecule has 0 saturated heterocycles. The van der Waals surface area contributed by atoms with E-state index in [1.54, 1.807) is 92.7 Å². The van der Waals surface area contributed by atoms with Crippen molar-refractivity contribution < 1.29 is 27.9 Å². The van der Waals surface area contributed by atoms with Gasteiger partial charge in [-0.05, 0) is 158 Å². The predicted molar refractivity (Wildman–Crippen MR) is 346 cm³/mol. The lowest BCUT2D eigenvalue weighted by Crippen LogP contribution is -1.89. The number of halogens is 3. The van der Waals surface area contributed by atoms with Gasteiger partial charge in [-0.3, -0.25) is 30.3 Å². The summed E-state index contributed by atoms with van der Waals surface area (Å²) in [6, 6.07) is 78.2. The molecule has 0 bridgehead atoms. The summed E-state index contributed by atoms with van der Waals surface area (Å²) >= 11 is 0. The van der Waals surface area contributed by atoms with Crippen LogP contribution in [0.15, 0.2) is 249 Å². The molecule has 0 aliphatic heterocycles. The van der Waals surface area contributed by atoms with Crippen LogP contribution in [0.3, 0.4) is 0 Å². The molecule has 88 heavy (non-hydrogen) atoms. The third kappa shape index (κ3) is 34.9. The zero-order valence-electron chi connectivity index (χ0n) is 50.9. The van der Waals surface area contributed by atoms with E-state index in [1.165, 1.54) is 65.7 Å². The second kappa shape index (κ2) is 43.3. The van der Waals surface area contributed by atoms with E-state index in [-0.39, 0.29) is 39.4 Å². The molecule has 10 rings (SSSR count). The first-order valence-electron chi connectivity index (χ1n) is 27.1. The number of aryl methyl sites for hydroxylation is 10. The van der Waals surface area contributed by atoms with Gasteiger partial charge in [-0.1, -0.05) is 180 Å². The molecule has 12 nitrogen and oxygen atoms in total. The van der Waals surface area contributed by atoms with E-state index < -0.39 is 9.85 Å². The molecule has 10 aromatic rings. The van der Waals surface area contributed by atoms with E-state index in [0.717, 1.165) is 50.1 Å². The number of nitrogens with zero attached hydrogens (tertiary/aromatic N) is 6. The highest BCUT2D eigenvalue weighted by molar-refractivity contribution is 5.39. The summed E-state index contributed by atoms with van der Waals surface area (Å²) in [6.45, 7) is 19.0. The molecule has 0 aromatic heterocycles. The van der Waals surface area contributed by atoms with Gasteiger partial charge in [0, 0.05) is 35.9 Å². The van der Waals surface area contributed by atoms with Gasteiger partial charge >= 0.3 is 0 Å². The largest absolute Gasteiger partial charge is 0.272 e. The minimum atomic E-state index is -0.403. The van der Waals surface area contributed by atoms with Gasteiger partial charge in [-0.2, -0.15) is 15.8 Å². The number of nitro benzene ring substituents is 3. The quantitative estimate of drug-likeness (QED) is 0.122. The molecule has 0 aliphatic rings. The smallest absolute Gasteiger partial charge is 0.258 e. The van der Waals surface area contributed by atoms with E-state index in [0.29, 0.717) is 11.1 Å². The fourth-order valence-electron chi connectivity index (χ4n) is 6.44. The van der Waals surface area contributed by atoms with E-state index in [1.807, 2.05) is 152 Å². The van der Waals surface area contributed by atoms with Crippen LogP contribution in [0.2, 0.25) is 0 Å². The Morgan fingerprint density at radius 3 is 1.05 bits per heavy atom. The van der Waals surface area contributed by atoms with Crippen molar-refractivity contribution in [3.8, 4) is 18.2 Å². The first-order chi connectivity index (χ1) is 41.9. The van der Waals surface area contributed by atoms with E-state index in [9.17, 15) is 43.5 Å². The van der Waals surface area contributed by atoms with Crippen molar-refractivity contribution in [2.24, 2.45) is 0 Å². The number of nitro groups is 3. The molecule has 0 saturated carbocycles. The standard InChI is InChI=1S/3C8H7N.3C7H7F.3C7H7NO2.C7H8/c1-7-2-4-8(6-9)5-3-7;1-7-3-2-4-8(5-7)6-9;1-7-4-2-3-5-8(7)6-9;1-6-2-4-7(8)5-3-6;1-6-3-2-4-7(8)5-6;1-6-4-2-3-5-7(6)8;1-6-2-4-7(5-3-6)8(9)10;1-6-3-2-4-7(5-6)8(9)10;1-6-4-2-3-5-7(6)8(9)10;1-7-5-3-2-4-6-7/h3*2-5H,1H3;3*2-5H,1H3;3*2-5H,1H3;2-6H,1H3. The molecular weight excluding hydrogens is 1110 g/mol. The van der Waals surface area contributed by atoms with Crippen molar-refractivity contribution in [2.75, 3.05) is 0 Å². The fourth-order valence-corrected chi connectivity index (χ4v) is 6.44. The molecule has 0 atom stereocenters. The van der Waals surface area contributed by atoms with Crippen LogP contribution in [0.25, 0.3) is 0 Å². The number of benzene rings is 10. The average molecular weight is 1190 g/mol. The Kier molecular flexibility index (Phi) is 36.8. The molecule has 0 N–H and O–H groups in total. The van der Waals surface area contributed by atoms with Gasteiger partial charge in [0.15, 0.2) is 0 Å². The minimum absolute atomic E-state index is 0.132. The third-order valence-corrected chi connectivity index (χ3v) is 11.4. The van der Waals surface area contributed by atoms with E-state index in [4.69, 9.17) is 15.8 Å². The lowest BCUT2D eigenvalue weighted by molar-refractivity contribution is -0.385. The summed E-state index contributed by atoms with van der Waals surface area (Å²) in [4.78, 5) is 29.3. The third-order valence-electron chi connectivity index (χ3n) is 11.4. The van der Waals surface area contributed by atoms with Crippen molar-refractivity contribution >= 4 is 17.1 Å². The molecule has 0 amide bonds. The summed E-state index contributed by atoms with van der Waals surface area (Å²) < 4.78 is 36.6. The molecule has 0 radical (unpaired) electrons. The maximum absolute atomic E-state index is 12.3. The maximum atomic E-state index is 12.3. The highest BCUT2D eigenvalue weighted by Gasteiger charge is 2.06. The molecule has 0 heterocycles. The summed E-state index contributed by atoms with van der Waals surface area (Å²) in [5.74, 6) is -0.465. The highest BCUT2D eigenvalue weighted by atomic mass is 19.1. The fraction of sp³-hybridized carbons (Fsp3) is 0.137. The van der Waals surface area contributed by atoms with Crippen LogP contribution in [0, 0.1) is 151 Å². The lowest BCUT2D eigenvalue weighted by Gasteiger charge is -1.92. The SMILES string of the molecule is Cc1ccc(C#N)cc1.Cc1ccc(F)cc1.Cc1ccc([N+](=O)[O-])cc1.Cc1cccc(C#N)c1.Cc1cccc(F)c1.Cc1cccc([N+](=O)[O-])c1.Cc1ccccc1.Cc1ccccc1C#N.Cc1ccccc1F.Cc1ccccc1[N+](=O)[O-]. The minimum Gasteiger partial charge on any atom is -0.258 e. The monoisotopic (exact) mass is 1180 g/mol. The Morgan fingerprint density at radius 1 is 0.307 bits per heavy atom. The lowest BCUT2D eigenvalue weighted by atomic mass is 10.1. The molecule has 450 valence electrons. The van der Waals surface area contributed by atoms with Crippen LogP contribution in [0.1, 0.15) is 72.3 Å². The average Bonchev–Trinajstić information content (AvgIpc) is 3.73. The Balaban J connectivity index is 0.000000490. The topological polar surface area (TPSA) is 201 Å². The molecule has 15 heteroatoms.